The lowest BCUT2D eigenvalue weighted by Gasteiger charge is -2.32. The van der Waals surface area contributed by atoms with Crippen LogP contribution >= 0.6 is 0 Å². The van der Waals surface area contributed by atoms with Crippen molar-refractivity contribution in [2.75, 3.05) is 25.1 Å². The summed E-state index contributed by atoms with van der Waals surface area (Å²) >= 11 is 0. The van der Waals surface area contributed by atoms with Crippen LogP contribution in [0, 0.1) is 0 Å². The molecule has 39 heavy (non-hydrogen) atoms. The summed E-state index contributed by atoms with van der Waals surface area (Å²) in [5.74, 6) is -0.159. The van der Waals surface area contributed by atoms with E-state index in [-0.39, 0.29) is 29.1 Å². The summed E-state index contributed by atoms with van der Waals surface area (Å²) in [4.78, 5) is 28.3. The van der Waals surface area contributed by atoms with Crippen LogP contribution in [0.15, 0.2) is 83.8 Å². The van der Waals surface area contributed by atoms with E-state index in [2.05, 4.69) is 5.32 Å². The highest BCUT2D eigenvalue weighted by Gasteiger charge is 2.33. The summed E-state index contributed by atoms with van der Waals surface area (Å²) < 4.78 is 39.4. The summed E-state index contributed by atoms with van der Waals surface area (Å²) in [7, 11) is -1.26. The minimum atomic E-state index is -4.18. The largest absolute Gasteiger partial charge is 0.493 e. The molecule has 1 N–H and O–H groups in total. The Morgan fingerprint density at radius 3 is 2.00 bits per heavy atom. The Morgan fingerprint density at radius 1 is 0.846 bits per heavy atom. The zero-order valence-corrected chi connectivity index (χ0v) is 23.6. The van der Waals surface area contributed by atoms with Crippen molar-refractivity contribution in [3.63, 3.8) is 0 Å². The van der Waals surface area contributed by atoms with Crippen molar-refractivity contribution in [1.82, 2.24) is 10.2 Å². The van der Waals surface area contributed by atoms with Crippen LogP contribution in [-0.2, 0) is 26.2 Å². The Kier molecular flexibility index (Phi) is 9.95. The first-order valence-corrected chi connectivity index (χ1v) is 14.0. The Balaban J connectivity index is 2.06. The Labute approximate surface area is 230 Å². The van der Waals surface area contributed by atoms with E-state index in [0.717, 1.165) is 9.87 Å². The molecule has 0 radical (unpaired) electrons. The van der Waals surface area contributed by atoms with Gasteiger partial charge in [0.1, 0.15) is 12.6 Å². The second-order valence-corrected chi connectivity index (χ2v) is 11.1. The average Bonchev–Trinajstić information content (AvgIpc) is 2.94. The number of amides is 2. The van der Waals surface area contributed by atoms with E-state index < -0.39 is 28.5 Å². The number of rotatable bonds is 12. The van der Waals surface area contributed by atoms with E-state index in [1.807, 2.05) is 44.2 Å². The van der Waals surface area contributed by atoms with E-state index in [1.54, 1.807) is 37.3 Å². The molecule has 10 heteroatoms. The molecule has 0 unspecified atom stereocenters. The number of sulfonamides is 1. The smallest absolute Gasteiger partial charge is 0.264 e. The van der Waals surface area contributed by atoms with Crippen LogP contribution < -0.4 is 19.1 Å². The summed E-state index contributed by atoms with van der Waals surface area (Å²) in [5.41, 5.74) is 1.02. The quantitative estimate of drug-likeness (QED) is 0.365. The maximum Gasteiger partial charge on any atom is 0.264 e. The number of carbonyl (C=O) groups is 2. The van der Waals surface area contributed by atoms with Crippen LogP contribution in [0.1, 0.15) is 26.3 Å². The standard InChI is InChI=1S/C29H35N3O6S/c1-21(2)30-29(34)22(3)31(19-23-12-8-6-9-13-23)28(33)20-32(39(35,36)25-14-10-7-11-15-25)24-16-17-26(37-4)27(18-24)38-5/h6-18,21-22H,19-20H2,1-5H3,(H,30,34)/t22-/m0/s1. The lowest BCUT2D eigenvalue weighted by Crippen LogP contribution is -2.52. The number of hydrogen-bond donors (Lipinski definition) is 1. The third-order valence-corrected chi connectivity index (χ3v) is 7.85. The molecule has 0 spiro atoms. The van der Waals surface area contributed by atoms with Crippen molar-refractivity contribution in [2.45, 2.75) is 44.3 Å². The Bertz CT molecular complexity index is 1360. The summed E-state index contributed by atoms with van der Waals surface area (Å²) in [6, 6.07) is 20.7. The van der Waals surface area contributed by atoms with Crippen LogP contribution in [-0.4, -0.2) is 58.0 Å². The average molecular weight is 554 g/mol. The number of ether oxygens (including phenoxy) is 2. The fourth-order valence-electron chi connectivity index (χ4n) is 4.00. The van der Waals surface area contributed by atoms with E-state index in [9.17, 15) is 18.0 Å². The molecule has 0 aromatic heterocycles. The van der Waals surface area contributed by atoms with Gasteiger partial charge >= 0.3 is 0 Å². The zero-order chi connectivity index (χ0) is 28.6. The first-order valence-electron chi connectivity index (χ1n) is 12.5. The van der Waals surface area contributed by atoms with Crippen LogP contribution in [0.3, 0.4) is 0 Å². The highest BCUT2D eigenvalue weighted by atomic mass is 32.2. The second kappa shape index (κ2) is 13.1. The summed E-state index contributed by atoms with van der Waals surface area (Å²) in [6.07, 6.45) is 0. The third kappa shape index (κ3) is 7.29. The molecule has 2 amide bonds. The molecule has 0 aliphatic heterocycles. The molecule has 0 saturated heterocycles. The van der Waals surface area contributed by atoms with Gasteiger partial charge < -0.3 is 19.7 Å². The van der Waals surface area contributed by atoms with Gasteiger partial charge in [0.2, 0.25) is 11.8 Å². The molecule has 0 bridgehead atoms. The number of benzene rings is 3. The van der Waals surface area contributed by atoms with E-state index in [1.165, 1.54) is 37.3 Å². The topological polar surface area (TPSA) is 105 Å². The normalized spacial score (nSPS) is 11.9. The number of nitrogens with one attached hydrogen (secondary N) is 1. The van der Waals surface area contributed by atoms with Crippen molar-refractivity contribution in [2.24, 2.45) is 0 Å². The second-order valence-electron chi connectivity index (χ2n) is 9.21. The van der Waals surface area contributed by atoms with Gasteiger partial charge in [0.15, 0.2) is 11.5 Å². The maximum absolute atomic E-state index is 13.9. The predicted octanol–water partition coefficient (Wildman–Crippen LogP) is 3.84. The monoisotopic (exact) mass is 553 g/mol. The van der Waals surface area contributed by atoms with Gasteiger partial charge in [-0.25, -0.2) is 8.42 Å². The van der Waals surface area contributed by atoms with Gasteiger partial charge in [0, 0.05) is 18.7 Å². The third-order valence-electron chi connectivity index (χ3n) is 6.06. The molecule has 1 atom stereocenters. The number of carbonyl (C=O) groups excluding carboxylic acids is 2. The molecule has 0 aliphatic rings. The molecule has 3 aromatic rings. The van der Waals surface area contributed by atoms with Crippen LogP contribution in [0.5, 0.6) is 11.5 Å². The van der Waals surface area contributed by atoms with Gasteiger partial charge in [-0.15, -0.1) is 0 Å². The zero-order valence-electron chi connectivity index (χ0n) is 22.8. The van der Waals surface area contributed by atoms with Crippen LogP contribution in [0.25, 0.3) is 0 Å². The number of hydrogen-bond acceptors (Lipinski definition) is 6. The number of nitrogens with zero attached hydrogens (tertiary/aromatic N) is 2. The lowest BCUT2D eigenvalue weighted by molar-refractivity contribution is -0.139. The molecule has 9 nitrogen and oxygen atoms in total. The summed E-state index contributed by atoms with van der Waals surface area (Å²) in [6.45, 7) is 4.87. The first-order chi connectivity index (χ1) is 18.6. The predicted molar refractivity (Wildman–Crippen MR) is 150 cm³/mol. The molecule has 3 rings (SSSR count). The maximum atomic E-state index is 13.9. The molecular formula is C29H35N3O6S. The van der Waals surface area contributed by atoms with Crippen molar-refractivity contribution in [3.8, 4) is 11.5 Å². The molecular weight excluding hydrogens is 518 g/mol. The highest BCUT2D eigenvalue weighted by molar-refractivity contribution is 7.92. The molecule has 0 heterocycles. The first kappa shape index (κ1) is 29.5. The highest BCUT2D eigenvalue weighted by Crippen LogP contribution is 2.34. The van der Waals surface area contributed by atoms with Crippen LogP contribution in [0.2, 0.25) is 0 Å². The molecule has 208 valence electrons. The number of methoxy groups -OCH3 is 2. The van der Waals surface area contributed by atoms with Gasteiger partial charge in [-0.1, -0.05) is 48.5 Å². The van der Waals surface area contributed by atoms with E-state index in [4.69, 9.17) is 9.47 Å². The van der Waals surface area contributed by atoms with Gasteiger partial charge in [0.25, 0.3) is 10.0 Å². The van der Waals surface area contributed by atoms with Gasteiger partial charge in [-0.2, -0.15) is 0 Å². The van der Waals surface area contributed by atoms with Gasteiger partial charge in [0.05, 0.1) is 24.8 Å². The van der Waals surface area contributed by atoms with Crippen LogP contribution in [0.4, 0.5) is 5.69 Å². The van der Waals surface area contributed by atoms with Crippen molar-refractivity contribution in [1.29, 1.82) is 0 Å². The molecule has 0 fully saturated rings. The van der Waals surface area contributed by atoms with Gasteiger partial charge in [-0.05, 0) is 50.6 Å². The van der Waals surface area contributed by atoms with Crippen molar-refractivity contribution >= 4 is 27.5 Å². The molecule has 0 aliphatic carbocycles. The Hall–Kier alpha value is -4.05. The molecule has 3 aromatic carbocycles. The Morgan fingerprint density at radius 2 is 1.44 bits per heavy atom. The fraction of sp³-hybridized carbons (Fsp3) is 0.310. The fourth-order valence-corrected chi connectivity index (χ4v) is 5.42. The van der Waals surface area contributed by atoms with Crippen molar-refractivity contribution in [3.05, 3.63) is 84.4 Å². The lowest BCUT2D eigenvalue weighted by atomic mass is 10.1. The minimum Gasteiger partial charge on any atom is -0.493 e. The van der Waals surface area contributed by atoms with E-state index in [0.29, 0.717) is 11.5 Å². The molecule has 0 saturated carbocycles. The summed E-state index contributed by atoms with van der Waals surface area (Å²) in [5, 5.41) is 2.84. The van der Waals surface area contributed by atoms with Crippen molar-refractivity contribution < 1.29 is 27.5 Å². The minimum absolute atomic E-state index is 0.0211. The van der Waals surface area contributed by atoms with E-state index >= 15 is 0 Å². The SMILES string of the molecule is COc1ccc(N(CC(=O)N(Cc2ccccc2)[C@@H](C)C(=O)NC(C)C)S(=O)(=O)c2ccccc2)cc1OC. The van der Waals surface area contributed by atoms with Gasteiger partial charge in [-0.3, -0.25) is 13.9 Å². The number of anilines is 1.